The largest absolute Gasteiger partial charge is 0.481 e. The van der Waals surface area contributed by atoms with Gasteiger partial charge in [0.05, 0.1) is 25.8 Å². The monoisotopic (exact) mass is 606 g/mol. The third kappa shape index (κ3) is 27.8. The lowest BCUT2D eigenvalue weighted by molar-refractivity contribution is -0.143. The number of hydrogen-bond acceptors (Lipinski definition) is 11. The van der Waals surface area contributed by atoms with Crippen LogP contribution in [0.2, 0.25) is 0 Å². The fraction of sp³-hybridized carbons (Fsp3) is 0.692. The van der Waals surface area contributed by atoms with E-state index in [0.717, 1.165) is 0 Å². The Morgan fingerprint density at radius 3 is 1.26 bits per heavy atom. The SMILES string of the molecule is CC(=O)CN(C)C(C)C(=O)O.CNC(CC(=O)O)CC(=O)NC(CC(C)=O)CC(=O)O.CNC(CC(C)=O)CC(=O)O. The second-order valence-corrected chi connectivity index (χ2v) is 9.68. The van der Waals surface area contributed by atoms with Gasteiger partial charge in [0.15, 0.2) is 0 Å². The van der Waals surface area contributed by atoms with Gasteiger partial charge in [-0.1, -0.05) is 0 Å². The average molecular weight is 607 g/mol. The molecule has 0 rings (SSSR count). The van der Waals surface area contributed by atoms with Gasteiger partial charge < -0.3 is 36.4 Å². The number of carboxylic acids is 4. The molecule has 0 aliphatic rings. The Balaban J connectivity index is -0.000000588. The number of carboxylic acid groups (broad SMARTS) is 4. The van der Waals surface area contributed by atoms with Crippen molar-refractivity contribution in [3.8, 4) is 0 Å². The Morgan fingerprint density at radius 1 is 0.595 bits per heavy atom. The summed E-state index contributed by atoms with van der Waals surface area (Å²) in [6, 6.07) is -2.15. The molecule has 16 heteroatoms. The Morgan fingerprint density at radius 2 is 0.952 bits per heavy atom. The molecule has 0 radical (unpaired) electrons. The fourth-order valence-corrected chi connectivity index (χ4v) is 3.24. The number of Topliss-reactive ketones (excluding diaryl/α,β-unsaturated/α-hetero) is 3. The third-order valence-corrected chi connectivity index (χ3v) is 5.43. The van der Waals surface area contributed by atoms with Crippen molar-refractivity contribution >= 4 is 47.1 Å². The topological polar surface area (TPSA) is 257 Å². The van der Waals surface area contributed by atoms with Crippen molar-refractivity contribution in [3.05, 3.63) is 0 Å². The van der Waals surface area contributed by atoms with Crippen molar-refractivity contribution < 1.29 is 58.8 Å². The zero-order chi connectivity index (χ0) is 33.6. The van der Waals surface area contributed by atoms with E-state index in [1.54, 1.807) is 21.0 Å². The molecule has 4 unspecified atom stereocenters. The lowest BCUT2D eigenvalue weighted by atomic mass is 10.1. The number of carbonyl (C=O) groups is 8. The van der Waals surface area contributed by atoms with E-state index in [0.29, 0.717) is 0 Å². The number of carbonyl (C=O) groups excluding carboxylic acids is 4. The molecular weight excluding hydrogens is 560 g/mol. The standard InChI is InChI=1S/C12H20N2O6.2C7H13NO3/c1-7(15)3-9(6-12(19)20)14-10(16)4-8(13-2)5-11(17)18;1-5(9)4-8(3)6(2)7(10)11;1-5(9)3-6(8-2)4-7(10)11/h8-9,13H,3-6H2,1-2H3,(H,14,16)(H,17,18)(H,19,20);6H,4H2,1-3H3,(H,10,11);6,8H,3-4H2,1-2H3,(H,10,11). The highest BCUT2D eigenvalue weighted by atomic mass is 16.4. The molecule has 0 aromatic rings. The van der Waals surface area contributed by atoms with Gasteiger partial charge in [-0.15, -0.1) is 0 Å². The number of rotatable bonds is 19. The summed E-state index contributed by atoms with van der Waals surface area (Å²) >= 11 is 0. The van der Waals surface area contributed by atoms with Crippen molar-refractivity contribution in [1.82, 2.24) is 20.9 Å². The van der Waals surface area contributed by atoms with Crippen LogP contribution in [0.25, 0.3) is 0 Å². The van der Waals surface area contributed by atoms with Crippen LogP contribution in [0.5, 0.6) is 0 Å². The molecule has 0 aromatic carbocycles. The maximum absolute atomic E-state index is 11.7. The highest BCUT2D eigenvalue weighted by Gasteiger charge is 2.21. The van der Waals surface area contributed by atoms with Crippen LogP contribution >= 0.6 is 0 Å². The molecule has 1 amide bonds. The summed E-state index contributed by atoms with van der Waals surface area (Å²) < 4.78 is 0. The molecule has 0 bridgehead atoms. The Hall–Kier alpha value is -3.76. The van der Waals surface area contributed by atoms with E-state index < -0.39 is 47.9 Å². The van der Waals surface area contributed by atoms with Crippen LogP contribution < -0.4 is 16.0 Å². The summed E-state index contributed by atoms with van der Waals surface area (Å²) in [4.78, 5) is 87.1. The number of nitrogens with one attached hydrogen (secondary N) is 3. The minimum atomic E-state index is -1.12. The normalized spacial score (nSPS) is 13.0. The first-order valence-electron chi connectivity index (χ1n) is 13.0. The fourth-order valence-electron chi connectivity index (χ4n) is 3.24. The molecular formula is C26H46N4O12. The van der Waals surface area contributed by atoms with Crippen LogP contribution in [0.4, 0.5) is 0 Å². The summed E-state index contributed by atoms with van der Waals surface area (Å²) in [5.74, 6) is -4.69. The smallest absolute Gasteiger partial charge is 0.320 e. The van der Waals surface area contributed by atoms with Crippen LogP contribution in [-0.2, 0) is 38.4 Å². The van der Waals surface area contributed by atoms with Gasteiger partial charge in [-0.3, -0.25) is 43.3 Å². The number of hydrogen-bond donors (Lipinski definition) is 7. The maximum Gasteiger partial charge on any atom is 0.320 e. The van der Waals surface area contributed by atoms with Gasteiger partial charge >= 0.3 is 23.9 Å². The van der Waals surface area contributed by atoms with E-state index in [1.165, 1.54) is 32.7 Å². The Bertz CT molecular complexity index is 874. The van der Waals surface area contributed by atoms with E-state index in [4.69, 9.17) is 20.4 Å². The summed E-state index contributed by atoms with van der Waals surface area (Å²) in [5, 5.41) is 42.1. The molecule has 0 saturated heterocycles. The lowest BCUT2D eigenvalue weighted by Crippen LogP contribution is -2.41. The van der Waals surface area contributed by atoms with E-state index in [2.05, 4.69) is 16.0 Å². The summed E-state index contributed by atoms with van der Waals surface area (Å²) in [7, 11) is 4.79. The molecule has 7 N–H and O–H groups in total. The van der Waals surface area contributed by atoms with Gasteiger partial charge in [-0.05, 0) is 48.8 Å². The van der Waals surface area contributed by atoms with Gasteiger partial charge in [0.25, 0.3) is 0 Å². The van der Waals surface area contributed by atoms with Crippen molar-refractivity contribution in [2.45, 2.75) is 90.4 Å². The first kappa shape index (κ1) is 42.7. The second kappa shape index (κ2) is 23.9. The molecule has 16 nitrogen and oxygen atoms in total. The van der Waals surface area contributed by atoms with Gasteiger partial charge in [0.1, 0.15) is 23.4 Å². The van der Waals surface area contributed by atoms with Crippen LogP contribution in [0.3, 0.4) is 0 Å². The quantitative estimate of drug-likeness (QED) is 0.0967. The second-order valence-electron chi connectivity index (χ2n) is 9.68. The molecule has 4 atom stereocenters. The number of amides is 1. The van der Waals surface area contributed by atoms with Crippen molar-refractivity contribution in [2.24, 2.45) is 0 Å². The van der Waals surface area contributed by atoms with Gasteiger partial charge in [0, 0.05) is 37.4 Å². The maximum atomic E-state index is 11.7. The Labute approximate surface area is 245 Å². The summed E-state index contributed by atoms with van der Waals surface area (Å²) in [5.41, 5.74) is 0. The van der Waals surface area contributed by atoms with Crippen LogP contribution in [0.1, 0.15) is 66.2 Å². The Kier molecular flexibility index (Phi) is 24.3. The third-order valence-electron chi connectivity index (χ3n) is 5.43. The first-order chi connectivity index (χ1) is 19.2. The lowest BCUT2D eigenvalue weighted by Gasteiger charge is -2.18. The van der Waals surface area contributed by atoms with E-state index >= 15 is 0 Å². The van der Waals surface area contributed by atoms with Crippen molar-refractivity contribution in [3.63, 3.8) is 0 Å². The number of ketones is 3. The van der Waals surface area contributed by atoms with Crippen molar-refractivity contribution in [2.75, 3.05) is 27.7 Å². The van der Waals surface area contributed by atoms with Gasteiger partial charge in [-0.2, -0.15) is 0 Å². The zero-order valence-electron chi connectivity index (χ0n) is 25.3. The van der Waals surface area contributed by atoms with E-state index in [1.807, 2.05) is 0 Å². The molecule has 0 heterocycles. The van der Waals surface area contributed by atoms with Crippen molar-refractivity contribution in [1.29, 1.82) is 0 Å². The predicted octanol–water partition coefficient (Wildman–Crippen LogP) is -0.614. The first-order valence-corrected chi connectivity index (χ1v) is 13.0. The molecule has 0 fully saturated rings. The summed E-state index contributed by atoms with van der Waals surface area (Å²) in [6.45, 7) is 5.93. The number of likely N-dealkylation sites (N-methyl/N-ethyl adjacent to an activating group) is 1. The van der Waals surface area contributed by atoms with Crippen LogP contribution in [0.15, 0.2) is 0 Å². The molecule has 242 valence electrons. The van der Waals surface area contributed by atoms with E-state index in [9.17, 15) is 38.4 Å². The zero-order valence-corrected chi connectivity index (χ0v) is 25.3. The predicted molar refractivity (Wildman–Crippen MR) is 150 cm³/mol. The van der Waals surface area contributed by atoms with Crippen LogP contribution in [-0.4, -0.2) is 124 Å². The van der Waals surface area contributed by atoms with E-state index in [-0.39, 0.29) is 68.5 Å². The molecule has 0 saturated carbocycles. The highest BCUT2D eigenvalue weighted by molar-refractivity contribution is 5.82. The van der Waals surface area contributed by atoms with Gasteiger partial charge in [0.2, 0.25) is 5.91 Å². The van der Waals surface area contributed by atoms with Gasteiger partial charge in [-0.25, -0.2) is 0 Å². The minimum absolute atomic E-state index is 0.00389. The highest BCUT2D eigenvalue weighted by Crippen LogP contribution is 2.03. The average Bonchev–Trinajstić information content (AvgIpc) is 2.81. The molecule has 42 heavy (non-hydrogen) atoms. The summed E-state index contributed by atoms with van der Waals surface area (Å²) in [6.07, 6.45) is -0.467. The number of nitrogens with zero attached hydrogens (tertiary/aromatic N) is 1. The minimum Gasteiger partial charge on any atom is -0.481 e. The molecule has 0 spiro atoms. The number of aliphatic carboxylic acids is 4. The molecule has 0 aliphatic heterocycles. The molecule has 0 aliphatic carbocycles. The van der Waals surface area contributed by atoms with Crippen LogP contribution in [0, 0.1) is 0 Å². The molecule has 0 aromatic heterocycles.